The molecule has 0 fully saturated rings. The van der Waals surface area contributed by atoms with Crippen LogP contribution in [-0.4, -0.2) is 29.1 Å². The summed E-state index contributed by atoms with van der Waals surface area (Å²) >= 11 is 0. The second-order valence-electron chi connectivity index (χ2n) is 4.92. The molecule has 0 radical (unpaired) electrons. The SMILES string of the molecule is COc1cc([N+](=O)[O-])cc(-c2nc3ccccc3c(=O)[nH]2)c1OC. The number of nitrogens with zero attached hydrogens (tertiary/aromatic N) is 2. The Kier molecular flexibility index (Phi) is 3.87. The maximum atomic E-state index is 12.2. The number of aromatic nitrogens is 2. The van der Waals surface area contributed by atoms with E-state index in [1.54, 1.807) is 24.3 Å². The Labute approximate surface area is 135 Å². The number of benzene rings is 2. The van der Waals surface area contributed by atoms with Crippen LogP contribution < -0.4 is 15.0 Å². The summed E-state index contributed by atoms with van der Waals surface area (Å²) in [6.07, 6.45) is 0. The van der Waals surface area contributed by atoms with Gasteiger partial charge in [-0.05, 0) is 12.1 Å². The van der Waals surface area contributed by atoms with Crippen molar-refractivity contribution in [3.8, 4) is 22.9 Å². The zero-order chi connectivity index (χ0) is 17.3. The molecule has 1 aromatic heterocycles. The third-order valence-electron chi connectivity index (χ3n) is 3.54. The molecule has 24 heavy (non-hydrogen) atoms. The Morgan fingerprint density at radius 2 is 1.92 bits per heavy atom. The fraction of sp³-hybridized carbons (Fsp3) is 0.125. The fourth-order valence-corrected chi connectivity index (χ4v) is 2.45. The van der Waals surface area contributed by atoms with Crippen molar-refractivity contribution in [2.75, 3.05) is 14.2 Å². The highest BCUT2D eigenvalue weighted by atomic mass is 16.6. The number of hydrogen-bond donors (Lipinski definition) is 1. The van der Waals surface area contributed by atoms with Crippen molar-refractivity contribution in [2.45, 2.75) is 0 Å². The monoisotopic (exact) mass is 327 g/mol. The van der Waals surface area contributed by atoms with Gasteiger partial charge in [-0.3, -0.25) is 14.9 Å². The summed E-state index contributed by atoms with van der Waals surface area (Å²) in [7, 11) is 2.79. The lowest BCUT2D eigenvalue weighted by atomic mass is 10.1. The van der Waals surface area contributed by atoms with Gasteiger partial charge >= 0.3 is 0 Å². The molecular formula is C16H13N3O5. The summed E-state index contributed by atoms with van der Waals surface area (Å²) in [5.41, 5.74) is 0.205. The molecular weight excluding hydrogens is 314 g/mol. The number of nitro groups is 1. The summed E-state index contributed by atoms with van der Waals surface area (Å²) in [6, 6.07) is 9.36. The van der Waals surface area contributed by atoms with Crippen LogP contribution in [0.4, 0.5) is 5.69 Å². The van der Waals surface area contributed by atoms with Gasteiger partial charge in [-0.2, -0.15) is 0 Å². The highest BCUT2D eigenvalue weighted by Crippen LogP contribution is 2.40. The van der Waals surface area contributed by atoms with Crippen LogP contribution in [0, 0.1) is 10.1 Å². The molecule has 0 spiro atoms. The zero-order valence-corrected chi connectivity index (χ0v) is 12.9. The Balaban J connectivity index is 2.34. The molecule has 0 aliphatic rings. The molecule has 0 saturated carbocycles. The van der Waals surface area contributed by atoms with Crippen molar-refractivity contribution >= 4 is 16.6 Å². The van der Waals surface area contributed by atoms with Crippen molar-refractivity contribution in [1.82, 2.24) is 9.97 Å². The first-order chi connectivity index (χ1) is 11.5. The number of rotatable bonds is 4. The lowest BCUT2D eigenvalue weighted by Crippen LogP contribution is -2.10. The Bertz CT molecular complexity index is 997. The van der Waals surface area contributed by atoms with Crippen LogP contribution in [0.5, 0.6) is 11.5 Å². The molecule has 0 aliphatic carbocycles. The average Bonchev–Trinajstić information content (AvgIpc) is 2.60. The number of aromatic amines is 1. The molecule has 8 heteroatoms. The van der Waals surface area contributed by atoms with Gasteiger partial charge in [-0.25, -0.2) is 4.98 Å². The van der Waals surface area contributed by atoms with Crippen molar-refractivity contribution in [3.05, 3.63) is 56.9 Å². The molecule has 0 atom stereocenters. The number of ether oxygens (including phenoxy) is 2. The standard InChI is InChI=1S/C16H13N3O5/c1-23-13-8-9(19(21)22)7-11(14(13)24-2)15-17-12-6-4-3-5-10(12)16(20)18-15/h3-8H,1-2H3,(H,17,18,20). The highest BCUT2D eigenvalue weighted by Gasteiger charge is 2.21. The average molecular weight is 327 g/mol. The zero-order valence-electron chi connectivity index (χ0n) is 12.9. The van der Waals surface area contributed by atoms with E-state index in [-0.39, 0.29) is 34.1 Å². The fourth-order valence-electron chi connectivity index (χ4n) is 2.45. The molecule has 1 N–H and O–H groups in total. The minimum Gasteiger partial charge on any atom is -0.493 e. The van der Waals surface area contributed by atoms with Gasteiger partial charge in [-0.15, -0.1) is 0 Å². The predicted molar refractivity (Wildman–Crippen MR) is 87.6 cm³/mol. The third-order valence-corrected chi connectivity index (χ3v) is 3.54. The van der Waals surface area contributed by atoms with Gasteiger partial charge in [0.2, 0.25) is 0 Å². The number of nitrogens with one attached hydrogen (secondary N) is 1. The lowest BCUT2D eigenvalue weighted by molar-refractivity contribution is -0.384. The third kappa shape index (κ3) is 2.54. The van der Waals surface area contributed by atoms with Crippen LogP contribution in [0.15, 0.2) is 41.2 Å². The van der Waals surface area contributed by atoms with E-state index < -0.39 is 4.92 Å². The summed E-state index contributed by atoms with van der Waals surface area (Å²) < 4.78 is 10.5. The number of non-ortho nitro benzene ring substituents is 1. The first-order valence-electron chi connectivity index (χ1n) is 6.95. The van der Waals surface area contributed by atoms with Crippen LogP contribution in [0.1, 0.15) is 0 Å². The molecule has 0 amide bonds. The van der Waals surface area contributed by atoms with E-state index in [0.29, 0.717) is 10.9 Å². The molecule has 0 bridgehead atoms. The number of H-pyrrole nitrogens is 1. The molecule has 122 valence electrons. The number of fused-ring (bicyclic) bond motifs is 1. The molecule has 3 aromatic rings. The van der Waals surface area contributed by atoms with Gasteiger partial charge in [0.05, 0.1) is 41.7 Å². The molecule has 3 rings (SSSR count). The number of methoxy groups -OCH3 is 2. The Hall–Kier alpha value is -3.42. The molecule has 2 aromatic carbocycles. The van der Waals surface area contributed by atoms with E-state index in [1.807, 2.05) is 0 Å². The minimum atomic E-state index is -0.551. The topological polar surface area (TPSA) is 107 Å². The molecule has 0 unspecified atom stereocenters. The summed E-state index contributed by atoms with van der Waals surface area (Å²) in [6.45, 7) is 0. The summed E-state index contributed by atoms with van der Waals surface area (Å²) in [5, 5.41) is 11.6. The van der Waals surface area contributed by atoms with E-state index >= 15 is 0 Å². The Morgan fingerprint density at radius 3 is 2.58 bits per heavy atom. The van der Waals surface area contributed by atoms with E-state index in [2.05, 4.69) is 9.97 Å². The van der Waals surface area contributed by atoms with Crippen molar-refractivity contribution in [1.29, 1.82) is 0 Å². The Morgan fingerprint density at radius 1 is 1.17 bits per heavy atom. The van der Waals surface area contributed by atoms with Crippen LogP contribution >= 0.6 is 0 Å². The first-order valence-corrected chi connectivity index (χ1v) is 6.95. The summed E-state index contributed by atoms with van der Waals surface area (Å²) in [5.74, 6) is 0.594. The number of hydrogen-bond acceptors (Lipinski definition) is 6. The van der Waals surface area contributed by atoms with Crippen molar-refractivity contribution < 1.29 is 14.4 Å². The second kappa shape index (κ2) is 5.99. The molecule has 8 nitrogen and oxygen atoms in total. The normalized spacial score (nSPS) is 10.6. The molecule has 0 saturated heterocycles. The maximum Gasteiger partial charge on any atom is 0.274 e. The molecule has 0 aliphatic heterocycles. The van der Waals surface area contributed by atoms with Gasteiger partial charge in [0.25, 0.3) is 11.2 Å². The van der Waals surface area contributed by atoms with Crippen LogP contribution in [-0.2, 0) is 0 Å². The van der Waals surface area contributed by atoms with Crippen LogP contribution in [0.25, 0.3) is 22.3 Å². The van der Waals surface area contributed by atoms with Crippen LogP contribution in [0.2, 0.25) is 0 Å². The van der Waals surface area contributed by atoms with Gasteiger partial charge in [0, 0.05) is 6.07 Å². The first kappa shape index (κ1) is 15.5. The maximum absolute atomic E-state index is 12.2. The summed E-state index contributed by atoms with van der Waals surface area (Å²) in [4.78, 5) is 29.9. The smallest absolute Gasteiger partial charge is 0.274 e. The van der Waals surface area contributed by atoms with E-state index in [4.69, 9.17) is 9.47 Å². The van der Waals surface area contributed by atoms with Gasteiger partial charge in [0.1, 0.15) is 5.82 Å². The van der Waals surface area contributed by atoms with Gasteiger partial charge < -0.3 is 14.5 Å². The van der Waals surface area contributed by atoms with Crippen molar-refractivity contribution in [2.24, 2.45) is 0 Å². The number of para-hydroxylation sites is 1. The minimum absolute atomic E-state index is 0.164. The lowest BCUT2D eigenvalue weighted by Gasteiger charge is -2.12. The highest BCUT2D eigenvalue weighted by molar-refractivity contribution is 5.81. The van der Waals surface area contributed by atoms with E-state index in [0.717, 1.165) is 0 Å². The van der Waals surface area contributed by atoms with Gasteiger partial charge in [0.15, 0.2) is 11.5 Å². The predicted octanol–water partition coefficient (Wildman–Crippen LogP) is 2.52. The molecule has 1 heterocycles. The second-order valence-corrected chi connectivity index (χ2v) is 4.92. The van der Waals surface area contributed by atoms with Crippen molar-refractivity contribution in [3.63, 3.8) is 0 Å². The number of nitro benzene ring substituents is 1. The van der Waals surface area contributed by atoms with Gasteiger partial charge in [-0.1, -0.05) is 12.1 Å². The van der Waals surface area contributed by atoms with E-state index in [1.165, 1.54) is 26.4 Å². The largest absolute Gasteiger partial charge is 0.493 e. The van der Waals surface area contributed by atoms with Crippen LogP contribution in [0.3, 0.4) is 0 Å². The quantitative estimate of drug-likeness (QED) is 0.583. The van der Waals surface area contributed by atoms with E-state index in [9.17, 15) is 14.9 Å².